The van der Waals surface area contributed by atoms with Crippen LogP contribution in [-0.2, 0) is 11.2 Å². The lowest BCUT2D eigenvalue weighted by atomic mass is 10.2. The molecule has 0 aliphatic carbocycles. The minimum Gasteiger partial charge on any atom is -0.421 e. The summed E-state index contributed by atoms with van der Waals surface area (Å²) in [6.45, 7) is 0. The van der Waals surface area contributed by atoms with Crippen LogP contribution in [0.5, 0.6) is 0 Å². The van der Waals surface area contributed by atoms with Crippen LogP contribution in [0.25, 0.3) is 11.5 Å². The van der Waals surface area contributed by atoms with Crippen molar-refractivity contribution in [3.05, 3.63) is 64.5 Å². The van der Waals surface area contributed by atoms with E-state index in [0.29, 0.717) is 33.9 Å². The summed E-state index contributed by atoms with van der Waals surface area (Å²) in [5.74, 6) is 0.676. The Labute approximate surface area is 148 Å². The van der Waals surface area contributed by atoms with Gasteiger partial charge in [-0.15, -0.1) is 10.2 Å². The molecule has 7 heteroatoms. The second-order valence-corrected chi connectivity index (χ2v) is 5.94. The van der Waals surface area contributed by atoms with E-state index in [1.165, 1.54) is 0 Å². The summed E-state index contributed by atoms with van der Waals surface area (Å²) in [6, 6.07) is 14.0. The van der Waals surface area contributed by atoms with Crippen molar-refractivity contribution in [2.24, 2.45) is 0 Å². The molecule has 0 saturated carbocycles. The van der Waals surface area contributed by atoms with E-state index in [9.17, 15) is 4.79 Å². The molecule has 3 rings (SSSR count). The molecule has 0 aliphatic heterocycles. The number of amides is 1. The largest absolute Gasteiger partial charge is 0.421 e. The Bertz CT molecular complexity index is 830. The molecular formula is C17H13Cl2N3O2. The van der Waals surface area contributed by atoms with Gasteiger partial charge in [0.25, 0.3) is 0 Å². The molecule has 24 heavy (non-hydrogen) atoms. The maximum atomic E-state index is 11.9. The lowest BCUT2D eigenvalue weighted by molar-refractivity contribution is -0.116. The topological polar surface area (TPSA) is 68.0 Å². The van der Waals surface area contributed by atoms with Crippen LogP contribution in [0.3, 0.4) is 0 Å². The number of nitrogens with zero attached hydrogens (tertiary/aromatic N) is 2. The molecule has 0 radical (unpaired) electrons. The summed E-state index contributed by atoms with van der Waals surface area (Å²) < 4.78 is 5.56. The summed E-state index contributed by atoms with van der Waals surface area (Å²) in [5, 5.41) is 12.0. The smallest absolute Gasteiger partial charge is 0.247 e. The van der Waals surface area contributed by atoms with Crippen molar-refractivity contribution in [1.29, 1.82) is 0 Å². The molecule has 1 aromatic heterocycles. The molecule has 122 valence electrons. The molecule has 1 heterocycles. The molecule has 0 unspecified atom stereocenters. The zero-order valence-corrected chi connectivity index (χ0v) is 14.0. The number of aryl methyl sites for hydroxylation is 1. The van der Waals surface area contributed by atoms with Gasteiger partial charge in [0, 0.05) is 34.1 Å². The number of hydrogen-bond acceptors (Lipinski definition) is 4. The Morgan fingerprint density at radius 2 is 1.58 bits per heavy atom. The van der Waals surface area contributed by atoms with Crippen molar-refractivity contribution in [2.45, 2.75) is 12.8 Å². The highest BCUT2D eigenvalue weighted by Gasteiger charge is 2.11. The monoisotopic (exact) mass is 361 g/mol. The van der Waals surface area contributed by atoms with Gasteiger partial charge in [0.05, 0.1) is 0 Å². The first-order valence-corrected chi connectivity index (χ1v) is 7.99. The summed E-state index contributed by atoms with van der Waals surface area (Å²) >= 11 is 11.6. The number of carbonyl (C=O) groups is 1. The molecule has 2 aromatic carbocycles. The van der Waals surface area contributed by atoms with E-state index < -0.39 is 0 Å². The molecular weight excluding hydrogens is 349 g/mol. The fraction of sp³-hybridized carbons (Fsp3) is 0.118. The van der Waals surface area contributed by atoms with Gasteiger partial charge in [0.15, 0.2) is 0 Å². The number of aromatic nitrogens is 2. The number of halogens is 2. The van der Waals surface area contributed by atoms with Crippen LogP contribution in [0.2, 0.25) is 10.0 Å². The van der Waals surface area contributed by atoms with Crippen molar-refractivity contribution in [3.8, 4) is 11.5 Å². The SMILES string of the molecule is O=C(CCc1nnc(-c2ccc(Cl)cc2)o1)Nc1ccc(Cl)cc1. The minimum absolute atomic E-state index is 0.136. The second kappa shape index (κ2) is 7.47. The van der Waals surface area contributed by atoms with Crippen LogP contribution in [0.4, 0.5) is 5.69 Å². The van der Waals surface area contributed by atoms with Crippen LogP contribution in [0, 0.1) is 0 Å². The number of carbonyl (C=O) groups excluding carboxylic acids is 1. The van der Waals surface area contributed by atoms with Crippen LogP contribution in [0.1, 0.15) is 12.3 Å². The van der Waals surface area contributed by atoms with E-state index >= 15 is 0 Å². The number of nitrogens with one attached hydrogen (secondary N) is 1. The van der Waals surface area contributed by atoms with Crippen LogP contribution >= 0.6 is 23.2 Å². The van der Waals surface area contributed by atoms with Gasteiger partial charge in [-0.1, -0.05) is 23.2 Å². The van der Waals surface area contributed by atoms with E-state index in [0.717, 1.165) is 5.56 Å². The first kappa shape index (κ1) is 16.5. The van der Waals surface area contributed by atoms with Crippen LogP contribution < -0.4 is 5.32 Å². The number of benzene rings is 2. The zero-order chi connectivity index (χ0) is 16.9. The van der Waals surface area contributed by atoms with Crippen molar-refractivity contribution < 1.29 is 9.21 Å². The van der Waals surface area contributed by atoms with Crippen LogP contribution in [0.15, 0.2) is 52.9 Å². The fourth-order valence-electron chi connectivity index (χ4n) is 2.04. The molecule has 0 spiro atoms. The standard InChI is InChI=1S/C17H13Cl2N3O2/c18-12-3-1-11(2-4-12)17-22-21-16(24-17)10-9-15(23)20-14-7-5-13(19)6-8-14/h1-8H,9-10H2,(H,20,23). The van der Waals surface area contributed by atoms with E-state index in [1.807, 2.05) is 0 Å². The van der Waals surface area contributed by atoms with Gasteiger partial charge in [-0.2, -0.15) is 0 Å². The summed E-state index contributed by atoms with van der Waals surface area (Å²) in [6.07, 6.45) is 0.602. The zero-order valence-electron chi connectivity index (χ0n) is 12.5. The van der Waals surface area contributed by atoms with Crippen molar-refractivity contribution in [2.75, 3.05) is 5.32 Å². The van der Waals surface area contributed by atoms with Gasteiger partial charge in [-0.25, -0.2) is 0 Å². The van der Waals surface area contributed by atoms with Gasteiger partial charge in [0.1, 0.15) is 0 Å². The highest BCUT2D eigenvalue weighted by Crippen LogP contribution is 2.20. The van der Waals surface area contributed by atoms with E-state index in [-0.39, 0.29) is 12.3 Å². The number of anilines is 1. The van der Waals surface area contributed by atoms with Crippen molar-refractivity contribution in [1.82, 2.24) is 10.2 Å². The molecule has 0 atom stereocenters. The van der Waals surface area contributed by atoms with Gasteiger partial charge in [-0.05, 0) is 48.5 Å². The fourth-order valence-corrected chi connectivity index (χ4v) is 2.29. The molecule has 0 aliphatic rings. The third-order valence-electron chi connectivity index (χ3n) is 3.25. The van der Waals surface area contributed by atoms with Crippen molar-refractivity contribution in [3.63, 3.8) is 0 Å². The lowest BCUT2D eigenvalue weighted by Crippen LogP contribution is -2.12. The van der Waals surface area contributed by atoms with E-state index in [4.69, 9.17) is 27.6 Å². The second-order valence-electron chi connectivity index (χ2n) is 5.06. The Balaban J connectivity index is 1.56. The highest BCUT2D eigenvalue weighted by molar-refractivity contribution is 6.30. The molecule has 0 saturated heterocycles. The molecule has 1 N–H and O–H groups in total. The Hall–Kier alpha value is -2.37. The Kier molecular flexibility index (Phi) is 5.13. The van der Waals surface area contributed by atoms with Crippen molar-refractivity contribution >= 4 is 34.8 Å². The maximum absolute atomic E-state index is 11.9. The average molecular weight is 362 g/mol. The van der Waals surface area contributed by atoms with Gasteiger partial charge >= 0.3 is 0 Å². The molecule has 0 fully saturated rings. The molecule has 0 bridgehead atoms. The number of hydrogen-bond donors (Lipinski definition) is 1. The summed E-state index contributed by atoms with van der Waals surface area (Å²) in [7, 11) is 0. The normalized spacial score (nSPS) is 10.6. The summed E-state index contributed by atoms with van der Waals surface area (Å²) in [4.78, 5) is 11.9. The van der Waals surface area contributed by atoms with Gasteiger partial charge in [0.2, 0.25) is 17.7 Å². The maximum Gasteiger partial charge on any atom is 0.247 e. The van der Waals surface area contributed by atoms with Crippen LogP contribution in [-0.4, -0.2) is 16.1 Å². The average Bonchev–Trinajstić information content (AvgIpc) is 3.05. The Morgan fingerprint density at radius 3 is 2.25 bits per heavy atom. The Morgan fingerprint density at radius 1 is 0.958 bits per heavy atom. The predicted octanol–water partition coefficient (Wildman–Crippen LogP) is 4.61. The third-order valence-corrected chi connectivity index (χ3v) is 3.76. The highest BCUT2D eigenvalue weighted by atomic mass is 35.5. The molecule has 3 aromatic rings. The van der Waals surface area contributed by atoms with Gasteiger partial charge < -0.3 is 9.73 Å². The summed E-state index contributed by atoms with van der Waals surface area (Å²) in [5.41, 5.74) is 1.47. The van der Waals surface area contributed by atoms with Gasteiger partial charge in [-0.3, -0.25) is 4.79 Å². The predicted molar refractivity (Wildman–Crippen MR) is 93.1 cm³/mol. The first-order valence-electron chi connectivity index (χ1n) is 7.24. The van der Waals surface area contributed by atoms with E-state index in [1.54, 1.807) is 48.5 Å². The minimum atomic E-state index is -0.136. The number of rotatable bonds is 5. The third kappa shape index (κ3) is 4.34. The first-order chi connectivity index (χ1) is 11.6. The lowest BCUT2D eigenvalue weighted by Gasteiger charge is -2.03. The molecule has 1 amide bonds. The quantitative estimate of drug-likeness (QED) is 0.719. The van der Waals surface area contributed by atoms with E-state index in [2.05, 4.69) is 15.5 Å². The molecule has 5 nitrogen and oxygen atoms in total.